The van der Waals surface area contributed by atoms with Crippen molar-refractivity contribution in [3.05, 3.63) is 35.6 Å². The first-order valence-corrected chi connectivity index (χ1v) is 5.18. The first-order valence-electron chi connectivity index (χ1n) is 5.18. The number of hydrogen-bond acceptors (Lipinski definition) is 1. The molecule has 0 spiro atoms. The molecule has 0 bridgehead atoms. The number of benzene rings is 1. The van der Waals surface area contributed by atoms with Gasteiger partial charge in [0.05, 0.1) is 0 Å². The Kier molecular flexibility index (Phi) is 2.45. The lowest BCUT2D eigenvalue weighted by molar-refractivity contribution is -0.148. The number of hydrogen-bond donors (Lipinski definition) is 1. The molecule has 0 aliphatic heterocycles. The quantitative estimate of drug-likeness (QED) is 0.887. The fourth-order valence-electron chi connectivity index (χ4n) is 2.23. The highest BCUT2D eigenvalue weighted by Crippen LogP contribution is 2.67. The monoisotopic (exact) mass is 244 g/mol. The first kappa shape index (κ1) is 12.0. The second kappa shape index (κ2) is 3.48. The van der Waals surface area contributed by atoms with Crippen molar-refractivity contribution in [3.63, 3.8) is 0 Å². The molecule has 0 radical (unpaired) electrons. The Hall–Kier alpha value is -1.52. The lowest BCUT2D eigenvalue weighted by atomic mass is 9.84. The smallest absolute Gasteiger partial charge is 0.316 e. The number of rotatable bonds is 3. The summed E-state index contributed by atoms with van der Waals surface area (Å²) in [4.78, 5) is 11.0. The van der Waals surface area contributed by atoms with Crippen LogP contribution < -0.4 is 0 Å². The molecule has 2 unspecified atom stereocenters. The molecule has 0 saturated heterocycles. The Morgan fingerprint density at radius 2 is 1.82 bits per heavy atom. The molecule has 0 aromatic heterocycles. The minimum atomic E-state index is -3.19. The van der Waals surface area contributed by atoms with Gasteiger partial charge in [-0.3, -0.25) is 4.79 Å². The molecule has 1 saturated carbocycles. The van der Waals surface area contributed by atoms with Crippen molar-refractivity contribution in [2.24, 2.45) is 5.41 Å². The van der Waals surface area contributed by atoms with Gasteiger partial charge in [0.25, 0.3) is 5.92 Å². The normalized spacial score (nSPS) is 27.5. The van der Waals surface area contributed by atoms with Crippen LogP contribution in [0.4, 0.5) is 13.2 Å². The van der Waals surface area contributed by atoms with E-state index in [-0.39, 0.29) is 0 Å². The van der Waals surface area contributed by atoms with Gasteiger partial charge < -0.3 is 5.11 Å². The van der Waals surface area contributed by atoms with Crippen molar-refractivity contribution in [2.45, 2.75) is 25.2 Å². The van der Waals surface area contributed by atoms with Gasteiger partial charge in [-0.25, -0.2) is 13.2 Å². The van der Waals surface area contributed by atoms with Crippen LogP contribution in [-0.4, -0.2) is 17.0 Å². The van der Waals surface area contributed by atoms with Crippen LogP contribution in [0.25, 0.3) is 0 Å². The van der Waals surface area contributed by atoms with Crippen molar-refractivity contribution < 1.29 is 23.1 Å². The zero-order valence-corrected chi connectivity index (χ0v) is 9.08. The maximum Gasteiger partial charge on any atom is 0.316 e. The van der Waals surface area contributed by atoms with E-state index < -0.39 is 35.5 Å². The molecule has 5 heteroatoms. The summed E-state index contributed by atoms with van der Waals surface area (Å²) in [6, 6.07) is 4.97. The minimum absolute atomic E-state index is 0.408. The van der Waals surface area contributed by atoms with Crippen molar-refractivity contribution in [2.75, 3.05) is 0 Å². The molecule has 2 nitrogen and oxygen atoms in total. The topological polar surface area (TPSA) is 37.3 Å². The zero-order chi connectivity index (χ0) is 12.8. The van der Waals surface area contributed by atoms with E-state index in [1.807, 2.05) is 0 Å². The van der Waals surface area contributed by atoms with Gasteiger partial charge in [-0.15, -0.1) is 0 Å². The van der Waals surface area contributed by atoms with Gasteiger partial charge in [0, 0.05) is 12.3 Å². The van der Waals surface area contributed by atoms with Crippen LogP contribution in [0.5, 0.6) is 0 Å². The van der Waals surface area contributed by atoms with Gasteiger partial charge in [0.2, 0.25) is 0 Å². The fraction of sp³-hybridized carbons (Fsp3) is 0.417. The lowest BCUT2D eigenvalue weighted by Gasteiger charge is -2.20. The van der Waals surface area contributed by atoms with Gasteiger partial charge >= 0.3 is 5.97 Å². The average molecular weight is 244 g/mol. The number of carboxylic acids is 1. The van der Waals surface area contributed by atoms with Gasteiger partial charge in [0.1, 0.15) is 11.2 Å². The molecule has 0 amide bonds. The van der Waals surface area contributed by atoms with Gasteiger partial charge in [-0.2, -0.15) is 0 Å². The van der Waals surface area contributed by atoms with Gasteiger partial charge in [-0.05, 0) is 17.7 Å². The Balaban J connectivity index is 2.34. The summed E-state index contributed by atoms with van der Waals surface area (Å²) in [6.07, 6.45) is -0.659. The number of carbonyl (C=O) groups is 1. The summed E-state index contributed by atoms with van der Waals surface area (Å²) in [6.45, 7) is 1.43. The van der Waals surface area contributed by atoms with E-state index in [2.05, 4.69) is 0 Å². The molecular weight excluding hydrogens is 233 g/mol. The summed E-state index contributed by atoms with van der Waals surface area (Å²) in [7, 11) is 0. The third-order valence-electron chi connectivity index (χ3n) is 3.52. The van der Waals surface area contributed by atoms with Crippen molar-refractivity contribution in [3.8, 4) is 0 Å². The van der Waals surface area contributed by atoms with E-state index in [1.165, 1.54) is 19.1 Å². The number of halogens is 3. The second-order valence-electron chi connectivity index (χ2n) is 4.43. The van der Waals surface area contributed by atoms with Crippen LogP contribution in [-0.2, 0) is 4.79 Å². The largest absolute Gasteiger partial charge is 0.481 e. The van der Waals surface area contributed by atoms with Gasteiger partial charge in [-0.1, -0.05) is 19.1 Å². The summed E-state index contributed by atoms with van der Waals surface area (Å²) >= 11 is 0. The molecule has 1 N–H and O–H groups in total. The van der Waals surface area contributed by atoms with Gasteiger partial charge in [0.15, 0.2) is 0 Å². The van der Waals surface area contributed by atoms with Crippen molar-refractivity contribution >= 4 is 5.97 Å². The Bertz CT molecular complexity index is 455. The first-order chi connectivity index (χ1) is 7.81. The number of aliphatic carboxylic acids is 1. The molecule has 1 fully saturated rings. The highest BCUT2D eigenvalue weighted by molar-refractivity contribution is 5.82. The molecule has 1 aliphatic carbocycles. The molecule has 92 valence electrons. The zero-order valence-electron chi connectivity index (χ0n) is 9.08. The predicted molar refractivity (Wildman–Crippen MR) is 54.4 cm³/mol. The predicted octanol–water partition coefficient (Wildman–Crippen LogP) is 3.04. The standard InChI is InChI=1S/C12H11F3O2/c1-7(8-2-4-9(13)5-3-8)11(10(16)17)6-12(11,14)15/h2-5,7H,6H2,1H3,(H,16,17). The Morgan fingerprint density at radius 3 is 2.18 bits per heavy atom. The molecule has 1 aliphatic rings. The third kappa shape index (κ3) is 1.61. The number of alkyl halides is 2. The van der Waals surface area contributed by atoms with E-state index in [1.54, 1.807) is 0 Å². The van der Waals surface area contributed by atoms with Crippen LogP contribution in [0.15, 0.2) is 24.3 Å². The van der Waals surface area contributed by atoms with E-state index in [9.17, 15) is 18.0 Å². The maximum atomic E-state index is 13.3. The molecule has 2 atom stereocenters. The summed E-state index contributed by atoms with van der Waals surface area (Å²) in [5.41, 5.74) is -1.63. The highest BCUT2D eigenvalue weighted by Gasteiger charge is 2.78. The molecule has 1 aromatic carbocycles. The average Bonchev–Trinajstić information content (AvgIpc) is 2.83. The minimum Gasteiger partial charge on any atom is -0.481 e. The van der Waals surface area contributed by atoms with Crippen LogP contribution in [0.1, 0.15) is 24.8 Å². The SMILES string of the molecule is CC(c1ccc(F)cc1)C1(C(=O)O)CC1(F)F. The van der Waals surface area contributed by atoms with Crippen LogP contribution in [0.2, 0.25) is 0 Å². The van der Waals surface area contributed by atoms with Crippen LogP contribution in [0.3, 0.4) is 0 Å². The number of carboxylic acid groups (broad SMARTS) is 1. The van der Waals surface area contributed by atoms with E-state index in [4.69, 9.17) is 5.11 Å². The van der Waals surface area contributed by atoms with E-state index >= 15 is 0 Å². The van der Waals surface area contributed by atoms with Crippen LogP contribution in [0, 0.1) is 11.2 Å². The van der Waals surface area contributed by atoms with E-state index in [0.717, 1.165) is 12.1 Å². The molecule has 17 heavy (non-hydrogen) atoms. The molecule has 2 rings (SSSR count). The maximum absolute atomic E-state index is 13.3. The highest BCUT2D eigenvalue weighted by atomic mass is 19.3. The summed E-state index contributed by atoms with van der Waals surface area (Å²) in [5.74, 6) is -6.02. The lowest BCUT2D eigenvalue weighted by Crippen LogP contribution is -2.28. The molecular formula is C12H11F3O2. The second-order valence-corrected chi connectivity index (χ2v) is 4.43. The van der Waals surface area contributed by atoms with Crippen molar-refractivity contribution in [1.82, 2.24) is 0 Å². The molecule has 0 heterocycles. The molecule has 1 aromatic rings. The summed E-state index contributed by atoms with van der Waals surface area (Å²) < 4.78 is 39.2. The third-order valence-corrected chi connectivity index (χ3v) is 3.52. The Morgan fingerprint density at radius 1 is 1.35 bits per heavy atom. The van der Waals surface area contributed by atoms with Crippen LogP contribution >= 0.6 is 0 Å². The van der Waals surface area contributed by atoms with E-state index in [0.29, 0.717) is 5.56 Å². The fourth-order valence-corrected chi connectivity index (χ4v) is 2.23. The summed E-state index contributed by atoms with van der Waals surface area (Å²) in [5, 5.41) is 8.97. The van der Waals surface area contributed by atoms with Crippen molar-refractivity contribution in [1.29, 1.82) is 0 Å². The Labute approximate surface area is 96.1 Å².